The van der Waals surface area contributed by atoms with Crippen LogP contribution in [0.1, 0.15) is 18.3 Å². The molecule has 0 aliphatic rings. The van der Waals surface area contributed by atoms with Crippen molar-refractivity contribution >= 4 is 16.9 Å². The summed E-state index contributed by atoms with van der Waals surface area (Å²) in [5.41, 5.74) is 5.16. The predicted octanol–water partition coefficient (Wildman–Crippen LogP) is 6.04. The summed E-state index contributed by atoms with van der Waals surface area (Å²) >= 11 is 0. The third kappa shape index (κ3) is 6.03. The number of ether oxygens (including phenoxy) is 2. The van der Waals surface area contributed by atoms with Gasteiger partial charge in [-0.05, 0) is 47.9 Å². The third-order valence-electron chi connectivity index (χ3n) is 6.32. The van der Waals surface area contributed by atoms with E-state index in [0.29, 0.717) is 38.5 Å². The van der Waals surface area contributed by atoms with Crippen molar-refractivity contribution in [3.8, 4) is 22.6 Å². The Hall–Kier alpha value is -4.58. The zero-order chi connectivity index (χ0) is 26.2. The first-order valence-corrected chi connectivity index (χ1v) is 12.9. The molecule has 0 spiro atoms. The van der Waals surface area contributed by atoms with Gasteiger partial charge < -0.3 is 19.4 Å². The summed E-state index contributed by atoms with van der Waals surface area (Å²) in [6.07, 6.45) is 0.312. The zero-order valence-corrected chi connectivity index (χ0v) is 21.5. The van der Waals surface area contributed by atoms with Gasteiger partial charge in [0.1, 0.15) is 12.4 Å². The molecule has 0 bridgehead atoms. The summed E-state index contributed by atoms with van der Waals surface area (Å²) in [7, 11) is 0. The maximum Gasteiger partial charge on any atom is 0.224 e. The first kappa shape index (κ1) is 25.1. The number of imidazole rings is 1. The normalized spacial score (nSPS) is 10.9. The lowest BCUT2D eigenvalue weighted by molar-refractivity contribution is -0.120. The Kier molecular flexibility index (Phi) is 7.99. The Morgan fingerprint density at radius 1 is 0.789 bits per heavy atom. The molecule has 0 saturated carbocycles. The van der Waals surface area contributed by atoms with Crippen molar-refractivity contribution in [3.05, 3.63) is 115 Å². The second-order valence-corrected chi connectivity index (χ2v) is 8.91. The minimum atomic E-state index is -0.0436. The lowest BCUT2D eigenvalue weighted by atomic mass is 10.0. The molecule has 1 aromatic heterocycles. The highest BCUT2D eigenvalue weighted by molar-refractivity contribution is 5.79. The number of aromatic nitrogens is 2. The van der Waals surface area contributed by atoms with Crippen LogP contribution < -0.4 is 14.8 Å². The Morgan fingerprint density at radius 3 is 2.21 bits per heavy atom. The molecule has 1 amide bonds. The van der Waals surface area contributed by atoms with Crippen molar-refractivity contribution in [1.82, 2.24) is 14.9 Å². The maximum atomic E-state index is 12.8. The first-order valence-electron chi connectivity index (χ1n) is 12.9. The van der Waals surface area contributed by atoms with Crippen molar-refractivity contribution in [2.75, 3.05) is 13.2 Å². The topological polar surface area (TPSA) is 65.4 Å². The van der Waals surface area contributed by atoms with E-state index < -0.39 is 0 Å². The zero-order valence-electron chi connectivity index (χ0n) is 21.5. The van der Waals surface area contributed by atoms with E-state index in [1.54, 1.807) is 0 Å². The van der Waals surface area contributed by atoms with Gasteiger partial charge in [0.25, 0.3) is 0 Å². The SMILES string of the molecule is CCOc1ccccc1OCCn1c(CNC(=O)Cc2ccc(-c3ccccc3)cc2)nc2ccccc21. The Bertz CT molecular complexity index is 1490. The van der Waals surface area contributed by atoms with Gasteiger partial charge in [-0.2, -0.15) is 0 Å². The van der Waals surface area contributed by atoms with E-state index in [1.807, 2.05) is 85.8 Å². The molecule has 192 valence electrons. The second-order valence-electron chi connectivity index (χ2n) is 8.91. The summed E-state index contributed by atoms with van der Waals surface area (Å²) in [6, 6.07) is 34.0. The van der Waals surface area contributed by atoms with Crippen molar-refractivity contribution < 1.29 is 14.3 Å². The molecule has 38 heavy (non-hydrogen) atoms. The molecule has 1 N–H and O–H groups in total. The maximum absolute atomic E-state index is 12.8. The van der Waals surface area contributed by atoms with Gasteiger partial charge >= 0.3 is 0 Å². The highest BCUT2D eigenvalue weighted by Gasteiger charge is 2.13. The quantitative estimate of drug-likeness (QED) is 0.238. The van der Waals surface area contributed by atoms with Crippen molar-refractivity contribution in [1.29, 1.82) is 0 Å². The highest BCUT2D eigenvalue weighted by Crippen LogP contribution is 2.26. The largest absolute Gasteiger partial charge is 0.490 e. The standard InChI is InChI=1S/C32H31N3O3/c1-2-37-29-14-8-9-15-30(29)38-21-20-35-28-13-7-6-12-27(28)34-31(35)23-33-32(36)22-24-16-18-26(19-17-24)25-10-4-3-5-11-25/h3-19H,2,20-23H2,1H3,(H,33,36). The van der Waals surface area contributed by atoms with Gasteiger partial charge in [-0.3, -0.25) is 4.79 Å². The van der Waals surface area contributed by atoms with E-state index in [1.165, 1.54) is 0 Å². The molecular formula is C32H31N3O3. The van der Waals surface area contributed by atoms with E-state index in [0.717, 1.165) is 39.3 Å². The number of benzene rings is 4. The van der Waals surface area contributed by atoms with E-state index in [-0.39, 0.29) is 5.91 Å². The molecule has 0 saturated heterocycles. The molecule has 6 heteroatoms. The molecule has 4 aromatic carbocycles. The summed E-state index contributed by atoms with van der Waals surface area (Å²) in [6.45, 7) is 3.90. The van der Waals surface area contributed by atoms with Crippen molar-refractivity contribution in [2.45, 2.75) is 26.4 Å². The molecule has 5 aromatic rings. The summed E-state index contributed by atoms with van der Waals surface area (Å²) in [5.74, 6) is 2.19. The van der Waals surface area contributed by atoms with Crippen LogP contribution in [0, 0.1) is 0 Å². The number of nitrogens with one attached hydrogen (secondary N) is 1. The van der Waals surface area contributed by atoms with E-state index >= 15 is 0 Å². The second kappa shape index (κ2) is 12.1. The van der Waals surface area contributed by atoms with Gasteiger partial charge in [-0.15, -0.1) is 0 Å². The molecule has 1 heterocycles. The number of carbonyl (C=O) groups is 1. The Morgan fingerprint density at radius 2 is 1.45 bits per heavy atom. The number of amides is 1. The van der Waals surface area contributed by atoms with Crippen LogP contribution in [0.5, 0.6) is 11.5 Å². The number of hydrogen-bond donors (Lipinski definition) is 1. The lowest BCUT2D eigenvalue weighted by Gasteiger charge is -2.14. The fourth-order valence-electron chi connectivity index (χ4n) is 4.47. The average Bonchev–Trinajstić information content (AvgIpc) is 3.31. The molecule has 0 unspecified atom stereocenters. The lowest BCUT2D eigenvalue weighted by Crippen LogP contribution is -2.26. The average molecular weight is 506 g/mol. The number of hydrogen-bond acceptors (Lipinski definition) is 4. The molecule has 0 atom stereocenters. The molecule has 5 rings (SSSR count). The third-order valence-corrected chi connectivity index (χ3v) is 6.32. The fraction of sp³-hybridized carbons (Fsp3) is 0.188. The summed E-state index contributed by atoms with van der Waals surface area (Å²) in [5, 5.41) is 3.05. The van der Waals surface area contributed by atoms with Crippen LogP contribution in [0.3, 0.4) is 0 Å². The number of carbonyl (C=O) groups excluding carboxylic acids is 1. The van der Waals surface area contributed by atoms with Crippen molar-refractivity contribution in [3.63, 3.8) is 0 Å². The Labute approximate surface area is 222 Å². The molecule has 0 radical (unpaired) electrons. The first-order chi connectivity index (χ1) is 18.7. The van der Waals surface area contributed by atoms with Gasteiger partial charge in [0.15, 0.2) is 11.5 Å². The van der Waals surface area contributed by atoms with E-state index in [4.69, 9.17) is 14.5 Å². The number of para-hydroxylation sites is 4. The van der Waals surface area contributed by atoms with Gasteiger partial charge in [0.05, 0.1) is 37.2 Å². The highest BCUT2D eigenvalue weighted by atomic mass is 16.5. The van der Waals surface area contributed by atoms with Crippen molar-refractivity contribution in [2.24, 2.45) is 0 Å². The molecule has 0 aliphatic carbocycles. The fourth-order valence-corrected chi connectivity index (χ4v) is 4.47. The minimum Gasteiger partial charge on any atom is -0.490 e. The van der Waals surface area contributed by atoms with E-state index in [9.17, 15) is 4.79 Å². The predicted molar refractivity (Wildman–Crippen MR) is 150 cm³/mol. The summed E-state index contributed by atoms with van der Waals surface area (Å²) in [4.78, 5) is 17.6. The van der Waals surface area contributed by atoms with Crippen LogP contribution >= 0.6 is 0 Å². The molecule has 0 aliphatic heterocycles. The number of rotatable bonds is 11. The monoisotopic (exact) mass is 505 g/mol. The molecule has 6 nitrogen and oxygen atoms in total. The van der Waals surface area contributed by atoms with Crippen LogP contribution in [0.4, 0.5) is 0 Å². The van der Waals surface area contributed by atoms with Gasteiger partial charge in [0, 0.05) is 0 Å². The number of fused-ring (bicyclic) bond motifs is 1. The molecule has 0 fully saturated rings. The molecular weight excluding hydrogens is 474 g/mol. The number of nitrogens with zero attached hydrogens (tertiary/aromatic N) is 2. The Balaban J connectivity index is 1.22. The van der Waals surface area contributed by atoms with Gasteiger partial charge in [-0.1, -0.05) is 78.9 Å². The van der Waals surface area contributed by atoms with Gasteiger partial charge in [0.2, 0.25) is 5.91 Å². The van der Waals surface area contributed by atoms with Crippen LogP contribution in [-0.4, -0.2) is 28.7 Å². The smallest absolute Gasteiger partial charge is 0.224 e. The van der Waals surface area contributed by atoms with Crippen LogP contribution in [0.2, 0.25) is 0 Å². The van der Waals surface area contributed by atoms with Crippen LogP contribution in [-0.2, 0) is 24.3 Å². The van der Waals surface area contributed by atoms with Crippen LogP contribution in [0.25, 0.3) is 22.2 Å². The minimum absolute atomic E-state index is 0.0436. The van der Waals surface area contributed by atoms with E-state index in [2.05, 4.69) is 34.1 Å². The summed E-state index contributed by atoms with van der Waals surface area (Å²) < 4.78 is 13.8. The van der Waals surface area contributed by atoms with Gasteiger partial charge in [-0.25, -0.2) is 4.98 Å². The van der Waals surface area contributed by atoms with Crippen LogP contribution in [0.15, 0.2) is 103 Å².